The van der Waals surface area contributed by atoms with Gasteiger partial charge in [-0.1, -0.05) is 39.3 Å². The van der Waals surface area contributed by atoms with E-state index in [2.05, 4.69) is 27.7 Å². The Morgan fingerprint density at radius 2 is 1.37 bits per heavy atom. The summed E-state index contributed by atoms with van der Waals surface area (Å²) < 4.78 is 16.9. The summed E-state index contributed by atoms with van der Waals surface area (Å²) in [4.78, 5) is 0. The molecule has 0 aliphatic rings. The van der Waals surface area contributed by atoms with Crippen LogP contribution in [0.25, 0.3) is 0 Å². The average molecular weight is 287 g/mol. The molecule has 0 bridgehead atoms. The normalized spacial score (nSPS) is 11.6. The second kappa shape index (κ2) is 8.41. The molecule has 1 rings (SSSR count). The third-order valence-corrected chi connectivity index (χ3v) is 2.43. The Balaban J connectivity index is 2.53. The van der Waals surface area contributed by atoms with Crippen molar-refractivity contribution in [2.45, 2.75) is 34.2 Å². The van der Waals surface area contributed by atoms with E-state index < -0.39 is 6.48 Å². The summed E-state index contributed by atoms with van der Waals surface area (Å²) in [6, 6.07) is 7.15. The van der Waals surface area contributed by atoms with Crippen LogP contribution in [0.4, 0.5) is 0 Å². The minimum absolute atomic E-state index is 0.430. The van der Waals surface area contributed by atoms with Gasteiger partial charge >= 0.3 is 6.48 Å². The smallest absolute Gasteiger partial charge is 0.315 e. The molecule has 0 fully saturated rings. The van der Waals surface area contributed by atoms with Crippen LogP contribution in [0.5, 0.6) is 5.75 Å². The summed E-state index contributed by atoms with van der Waals surface area (Å²) in [6.07, 6.45) is 0. The molecule has 4 heteroatoms. The van der Waals surface area contributed by atoms with Crippen LogP contribution in [0, 0.1) is 11.8 Å². The monoisotopic (exact) mass is 286 g/mol. The summed E-state index contributed by atoms with van der Waals surface area (Å²) in [7, 11) is 0. The second-order valence-electron chi connectivity index (χ2n) is 5.31. The van der Waals surface area contributed by atoms with Gasteiger partial charge in [0.15, 0.2) is 0 Å². The van der Waals surface area contributed by atoms with Gasteiger partial charge < -0.3 is 14.2 Å². The Morgan fingerprint density at radius 1 is 0.895 bits per heavy atom. The fourth-order valence-electron chi connectivity index (χ4n) is 1.28. The molecule has 0 N–H and O–H groups in total. The van der Waals surface area contributed by atoms with Crippen LogP contribution < -0.4 is 4.74 Å². The first-order valence-corrected chi connectivity index (χ1v) is 7.00. The van der Waals surface area contributed by atoms with Gasteiger partial charge in [0.05, 0.1) is 13.2 Å². The van der Waals surface area contributed by atoms with Crippen LogP contribution in [0.15, 0.2) is 24.3 Å². The summed E-state index contributed by atoms with van der Waals surface area (Å²) in [5.41, 5.74) is 0. The molecular formula is C15H23ClO3. The SMILES string of the molecule is CC(C)COC(OCC(C)C)Oc1ccc(Cl)cc1. The maximum absolute atomic E-state index is 5.84. The molecule has 0 amide bonds. The van der Waals surface area contributed by atoms with Crippen molar-refractivity contribution < 1.29 is 14.2 Å². The van der Waals surface area contributed by atoms with Crippen LogP contribution in [-0.2, 0) is 9.47 Å². The van der Waals surface area contributed by atoms with Crippen molar-refractivity contribution in [2.75, 3.05) is 13.2 Å². The van der Waals surface area contributed by atoms with Gasteiger partial charge in [-0.05, 0) is 36.1 Å². The highest BCUT2D eigenvalue weighted by Crippen LogP contribution is 2.18. The molecule has 0 aromatic heterocycles. The van der Waals surface area contributed by atoms with Gasteiger partial charge in [-0.25, -0.2) is 0 Å². The minimum Gasteiger partial charge on any atom is -0.441 e. The predicted octanol–water partition coefficient (Wildman–Crippen LogP) is 4.35. The molecule has 1 aromatic rings. The van der Waals surface area contributed by atoms with E-state index in [4.69, 9.17) is 25.8 Å². The zero-order valence-electron chi connectivity index (χ0n) is 12.1. The van der Waals surface area contributed by atoms with Crippen LogP contribution in [0.1, 0.15) is 27.7 Å². The van der Waals surface area contributed by atoms with Crippen LogP contribution in [0.3, 0.4) is 0 Å². The summed E-state index contributed by atoms with van der Waals surface area (Å²) in [5.74, 6) is 1.54. The van der Waals surface area contributed by atoms with Gasteiger partial charge in [0, 0.05) is 5.02 Å². The van der Waals surface area contributed by atoms with Crippen LogP contribution >= 0.6 is 11.6 Å². The average Bonchev–Trinajstić information content (AvgIpc) is 2.35. The first kappa shape index (κ1) is 16.3. The largest absolute Gasteiger partial charge is 0.441 e. The van der Waals surface area contributed by atoms with Crippen LogP contribution in [0.2, 0.25) is 5.02 Å². The first-order chi connectivity index (χ1) is 8.97. The summed E-state index contributed by atoms with van der Waals surface area (Å²) in [5, 5.41) is 0.676. The Hall–Kier alpha value is -0.770. The van der Waals surface area contributed by atoms with Crippen molar-refractivity contribution in [1.82, 2.24) is 0 Å². The molecule has 1 aromatic carbocycles. The van der Waals surface area contributed by atoms with Crippen molar-refractivity contribution in [3.8, 4) is 5.75 Å². The van der Waals surface area contributed by atoms with Crippen molar-refractivity contribution >= 4 is 11.6 Å². The highest BCUT2D eigenvalue weighted by Gasteiger charge is 2.13. The van der Waals surface area contributed by atoms with E-state index in [0.29, 0.717) is 35.8 Å². The topological polar surface area (TPSA) is 27.7 Å². The molecule has 0 spiro atoms. The number of rotatable bonds is 8. The lowest BCUT2D eigenvalue weighted by molar-refractivity contribution is -0.253. The molecule has 108 valence electrons. The zero-order chi connectivity index (χ0) is 14.3. The number of hydrogen-bond donors (Lipinski definition) is 0. The Morgan fingerprint density at radius 3 is 1.79 bits per heavy atom. The highest BCUT2D eigenvalue weighted by atomic mass is 35.5. The molecule has 0 heterocycles. The van der Waals surface area contributed by atoms with Gasteiger partial charge in [-0.15, -0.1) is 0 Å². The number of halogens is 1. The predicted molar refractivity (Wildman–Crippen MR) is 77.4 cm³/mol. The Bertz CT molecular complexity index is 337. The van der Waals surface area contributed by atoms with Gasteiger partial charge in [-0.2, -0.15) is 0 Å². The maximum atomic E-state index is 5.84. The van der Waals surface area contributed by atoms with Crippen LogP contribution in [-0.4, -0.2) is 19.7 Å². The van der Waals surface area contributed by atoms with E-state index in [9.17, 15) is 0 Å². The van der Waals surface area contributed by atoms with E-state index in [1.165, 1.54) is 0 Å². The molecule has 0 aliphatic heterocycles. The van der Waals surface area contributed by atoms with Gasteiger partial charge in [0.2, 0.25) is 0 Å². The number of ether oxygens (including phenoxy) is 3. The lowest BCUT2D eigenvalue weighted by atomic mass is 10.2. The molecule has 0 unspecified atom stereocenters. The highest BCUT2D eigenvalue weighted by molar-refractivity contribution is 6.30. The zero-order valence-corrected chi connectivity index (χ0v) is 12.8. The van der Waals surface area contributed by atoms with E-state index >= 15 is 0 Å². The maximum Gasteiger partial charge on any atom is 0.315 e. The van der Waals surface area contributed by atoms with Gasteiger partial charge in [0.1, 0.15) is 5.75 Å². The van der Waals surface area contributed by atoms with Gasteiger partial charge in [0.25, 0.3) is 0 Å². The van der Waals surface area contributed by atoms with Crippen molar-refractivity contribution in [3.05, 3.63) is 29.3 Å². The number of benzene rings is 1. The molecule has 0 saturated carbocycles. The third-order valence-electron chi connectivity index (χ3n) is 2.18. The Labute approximate surface area is 120 Å². The molecule has 19 heavy (non-hydrogen) atoms. The summed E-state index contributed by atoms with van der Waals surface area (Å²) >= 11 is 5.84. The summed E-state index contributed by atoms with van der Waals surface area (Å²) in [6.45, 7) is 8.85. The van der Waals surface area contributed by atoms with E-state index in [1.807, 2.05) is 0 Å². The quantitative estimate of drug-likeness (QED) is 0.665. The van der Waals surface area contributed by atoms with E-state index in [-0.39, 0.29) is 0 Å². The third kappa shape index (κ3) is 7.41. The van der Waals surface area contributed by atoms with E-state index in [1.54, 1.807) is 24.3 Å². The number of hydrogen-bond acceptors (Lipinski definition) is 3. The molecule has 0 radical (unpaired) electrons. The molecule has 0 aliphatic carbocycles. The standard InChI is InChI=1S/C15H23ClO3/c1-11(2)9-17-15(18-10-12(3)4)19-14-7-5-13(16)6-8-14/h5-8,11-12,15H,9-10H2,1-4H3. The minimum atomic E-state index is -0.675. The van der Waals surface area contributed by atoms with Crippen molar-refractivity contribution in [3.63, 3.8) is 0 Å². The van der Waals surface area contributed by atoms with Gasteiger partial charge in [-0.3, -0.25) is 0 Å². The molecule has 0 saturated heterocycles. The first-order valence-electron chi connectivity index (χ1n) is 6.62. The van der Waals surface area contributed by atoms with E-state index in [0.717, 1.165) is 0 Å². The van der Waals surface area contributed by atoms with Crippen molar-refractivity contribution in [1.29, 1.82) is 0 Å². The molecular weight excluding hydrogens is 264 g/mol. The fraction of sp³-hybridized carbons (Fsp3) is 0.600. The lowest BCUT2D eigenvalue weighted by Gasteiger charge is -2.21. The Kier molecular flexibility index (Phi) is 7.21. The second-order valence-corrected chi connectivity index (χ2v) is 5.75. The molecule has 3 nitrogen and oxygen atoms in total. The lowest BCUT2D eigenvalue weighted by Crippen LogP contribution is -2.27. The van der Waals surface area contributed by atoms with Crippen molar-refractivity contribution in [2.24, 2.45) is 11.8 Å². The fourth-order valence-corrected chi connectivity index (χ4v) is 1.41. The molecule has 0 atom stereocenters.